The molecule has 3 aliphatic rings. The molecular weight excluding hydrogens is 471 g/mol. The van der Waals surface area contributed by atoms with Gasteiger partial charge in [-0.15, -0.1) is 0 Å². The molecule has 2 amide bonds. The zero-order valence-electron chi connectivity index (χ0n) is 21.1. The molecule has 3 atom stereocenters. The fraction of sp³-hybridized carbons (Fsp3) is 0.692. The predicted octanol–water partition coefficient (Wildman–Crippen LogP) is 2.62. The average Bonchev–Trinajstić information content (AvgIpc) is 3.32. The van der Waals surface area contributed by atoms with Crippen LogP contribution in [0.2, 0.25) is 0 Å². The lowest BCUT2D eigenvalue weighted by Gasteiger charge is -2.46. The van der Waals surface area contributed by atoms with E-state index in [-0.39, 0.29) is 24.1 Å². The smallest absolute Gasteiger partial charge is 0.350 e. The Labute approximate surface area is 211 Å². The Kier molecular flexibility index (Phi) is 8.57. The molecule has 1 saturated carbocycles. The van der Waals surface area contributed by atoms with Crippen LogP contribution in [-0.4, -0.2) is 84.5 Å². The maximum Gasteiger partial charge on any atom is 0.416 e. The third kappa shape index (κ3) is 6.77. The van der Waals surface area contributed by atoms with Gasteiger partial charge in [-0.1, -0.05) is 6.07 Å². The third-order valence-electron chi connectivity index (χ3n) is 7.91. The fourth-order valence-electron chi connectivity index (χ4n) is 5.93. The maximum atomic E-state index is 12.9. The first-order valence-corrected chi connectivity index (χ1v) is 13.1. The zero-order valence-corrected chi connectivity index (χ0v) is 21.1. The normalized spacial score (nSPS) is 30.2. The number of carbonyl (C=O) groups excluding carboxylic acids is 2. The molecule has 0 aromatic heterocycles. The van der Waals surface area contributed by atoms with Gasteiger partial charge in [0.15, 0.2) is 0 Å². The molecule has 200 valence electrons. The topological polar surface area (TPSA) is 76.7 Å². The van der Waals surface area contributed by atoms with E-state index in [9.17, 15) is 22.8 Å². The number of likely N-dealkylation sites (tertiary alicyclic amines) is 1. The number of carbonyl (C=O) groups is 2. The summed E-state index contributed by atoms with van der Waals surface area (Å²) in [6, 6.07) is 6.51. The molecule has 3 fully saturated rings. The molecule has 3 N–H and O–H groups in total. The van der Waals surface area contributed by atoms with E-state index < -0.39 is 17.6 Å². The van der Waals surface area contributed by atoms with Crippen molar-refractivity contribution < 1.29 is 22.8 Å². The number of nitrogens with zero attached hydrogens (tertiary/aromatic N) is 2. The summed E-state index contributed by atoms with van der Waals surface area (Å²) in [5, 5.41) is 8.96. The Bertz CT molecular complexity index is 919. The van der Waals surface area contributed by atoms with Crippen molar-refractivity contribution in [2.45, 2.75) is 82.3 Å². The zero-order chi connectivity index (χ0) is 25.9. The molecule has 10 heteroatoms. The van der Waals surface area contributed by atoms with Crippen LogP contribution in [0.15, 0.2) is 24.3 Å². The fourth-order valence-corrected chi connectivity index (χ4v) is 5.93. The molecule has 1 aliphatic carbocycles. The summed E-state index contributed by atoms with van der Waals surface area (Å²) in [7, 11) is 0. The van der Waals surface area contributed by atoms with Crippen LogP contribution in [0.4, 0.5) is 13.2 Å². The Balaban J connectivity index is 1.18. The Morgan fingerprint density at radius 3 is 2.50 bits per heavy atom. The highest BCUT2D eigenvalue weighted by atomic mass is 19.4. The van der Waals surface area contributed by atoms with Gasteiger partial charge in [0.05, 0.1) is 12.1 Å². The Morgan fingerprint density at radius 1 is 1.06 bits per heavy atom. The van der Waals surface area contributed by atoms with E-state index in [0.717, 1.165) is 44.7 Å². The number of piperazine rings is 1. The molecule has 0 bridgehead atoms. The van der Waals surface area contributed by atoms with E-state index in [2.05, 4.69) is 39.6 Å². The molecule has 0 spiro atoms. The maximum absolute atomic E-state index is 12.9. The highest BCUT2D eigenvalue weighted by molar-refractivity contribution is 5.96. The molecular formula is C26H38F3N5O2. The molecule has 2 aliphatic heterocycles. The molecule has 1 aromatic rings. The second kappa shape index (κ2) is 11.5. The molecule has 7 nitrogen and oxygen atoms in total. The molecule has 1 aromatic carbocycles. The lowest BCUT2D eigenvalue weighted by atomic mass is 9.88. The summed E-state index contributed by atoms with van der Waals surface area (Å²) in [6.07, 6.45) is 1.09. The number of hydrogen-bond acceptors (Lipinski definition) is 5. The highest BCUT2D eigenvalue weighted by Crippen LogP contribution is 2.31. The van der Waals surface area contributed by atoms with Gasteiger partial charge in [-0.25, -0.2) is 0 Å². The van der Waals surface area contributed by atoms with Gasteiger partial charge in [0.2, 0.25) is 5.91 Å². The van der Waals surface area contributed by atoms with Crippen molar-refractivity contribution in [2.24, 2.45) is 0 Å². The van der Waals surface area contributed by atoms with Gasteiger partial charge in [-0.2, -0.15) is 13.2 Å². The molecule has 4 rings (SSSR count). The average molecular weight is 510 g/mol. The van der Waals surface area contributed by atoms with Crippen molar-refractivity contribution in [1.29, 1.82) is 0 Å². The van der Waals surface area contributed by atoms with Gasteiger partial charge in [0.1, 0.15) is 0 Å². The van der Waals surface area contributed by atoms with Crippen LogP contribution in [0.1, 0.15) is 61.9 Å². The minimum Gasteiger partial charge on any atom is -0.350 e. The number of hydrogen-bond donors (Lipinski definition) is 3. The van der Waals surface area contributed by atoms with Gasteiger partial charge in [0.25, 0.3) is 5.91 Å². The molecule has 0 unspecified atom stereocenters. The first-order valence-electron chi connectivity index (χ1n) is 13.1. The van der Waals surface area contributed by atoms with Crippen LogP contribution in [0.25, 0.3) is 0 Å². The van der Waals surface area contributed by atoms with Crippen molar-refractivity contribution in [3.8, 4) is 0 Å². The third-order valence-corrected chi connectivity index (χ3v) is 7.91. The standard InChI is InChI=1S/C26H38F3N5O2/c1-17-15-34(18(2)13-30-17)23-8-6-22(7-9-23)33-11-10-21(16-33)32-24(35)14-31-25(36)19-4-3-5-20(12-19)26(27,28)29/h3-5,12,17-18,21-23,30H,6-11,13-16H2,1-2H3,(H,31,36)(H,32,35)/t17-,18+,21+,22?,23?/m0/s1. The molecule has 2 saturated heterocycles. The largest absolute Gasteiger partial charge is 0.416 e. The van der Waals surface area contributed by atoms with Gasteiger partial charge >= 0.3 is 6.18 Å². The summed E-state index contributed by atoms with van der Waals surface area (Å²) in [5.41, 5.74) is -1.01. The SMILES string of the molecule is C[C@@H]1CN[C@@H](C)CN1C1CCC(N2CC[C@@H](NC(=O)CNC(=O)c3cccc(C(F)(F)F)c3)C2)CC1. The van der Waals surface area contributed by atoms with Crippen molar-refractivity contribution in [3.05, 3.63) is 35.4 Å². The van der Waals surface area contributed by atoms with Crippen LogP contribution in [0.5, 0.6) is 0 Å². The molecule has 0 radical (unpaired) electrons. The molecule has 2 heterocycles. The minimum atomic E-state index is -4.52. The number of amides is 2. The number of halogens is 3. The highest BCUT2D eigenvalue weighted by Gasteiger charge is 2.36. The lowest BCUT2D eigenvalue weighted by molar-refractivity contribution is -0.137. The van der Waals surface area contributed by atoms with Crippen LogP contribution in [0.3, 0.4) is 0 Å². The Hall–Kier alpha value is -2.17. The summed E-state index contributed by atoms with van der Waals surface area (Å²) < 4.78 is 38.6. The predicted molar refractivity (Wildman–Crippen MR) is 132 cm³/mol. The van der Waals surface area contributed by atoms with Gasteiger partial charge in [-0.05, 0) is 64.2 Å². The summed E-state index contributed by atoms with van der Waals surface area (Å²) in [4.78, 5) is 29.8. The van der Waals surface area contributed by atoms with E-state index in [0.29, 0.717) is 24.2 Å². The van der Waals surface area contributed by atoms with Crippen molar-refractivity contribution in [1.82, 2.24) is 25.8 Å². The van der Waals surface area contributed by atoms with E-state index in [1.54, 1.807) is 0 Å². The monoisotopic (exact) mass is 509 g/mol. The summed E-state index contributed by atoms with van der Waals surface area (Å²) in [6.45, 7) is 8.19. The first-order chi connectivity index (χ1) is 17.1. The first kappa shape index (κ1) is 26.9. The van der Waals surface area contributed by atoms with Crippen molar-refractivity contribution >= 4 is 11.8 Å². The van der Waals surface area contributed by atoms with E-state index in [4.69, 9.17) is 0 Å². The van der Waals surface area contributed by atoms with Crippen molar-refractivity contribution in [3.63, 3.8) is 0 Å². The second-order valence-corrected chi connectivity index (χ2v) is 10.6. The van der Waals surface area contributed by atoms with Crippen molar-refractivity contribution in [2.75, 3.05) is 32.7 Å². The summed E-state index contributed by atoms with van der Waals surface area (Å²) in [5.74, 6) is -1.03. The number of benzene rings is 1. The summed E-state index contributed by atoms with van der Waals surface area (Å²) >= 11 is 0. The quantitative estimate of drug-likeness (QED) is 0.550. The number of nitrogens with one attached hydrogen (secondary N) is 3. The van der Waals surface area contributed by atoms with Gasteiger partial charge in [0, 0.05) is 62.0 Å². The van der Waals surface area contributed by atoms with Gasteiger partial charge < -0.3 is 16.0 Å². The second-order valence-electron chi connectivity index (χ2n) is 10.6. The van der Waals surface area contributed by atoms with Crippen LogP contribution in [-0.2, 0) is 11.0 Å². The minimum absolute atomic E-state index is 0.0229. The van der Waals surface area contributed by atoms with Crippen LogP contribution in [0, 0.1) is 0 Å². The lowest BCUT2D eigenvalue weighted by Crippen LogP contribution is -2.58. The van der Waals surface area contributed by atoms with E-state index >= 15 is 0 Å². The van der Waals surface area contributed by atoms with E-state index in [1.807, 2.05) is 0 Å². The number of alkyl halides is 3. The molecule has 36 heavy (non-hydrogen) atoms. The van der Waals surface area contributed by atoms with E-state index in [1.165, 1.54) is 37.8 Å². The Morgan fingerprint density at radius 2 is 1.78 bits per heavy atom. The van der Waals surface area contributed by atoms with Crippen LogP contribution < -0.4 is 16.0 Å². The number of rotatable bonds is 6. The van der Waals surface area contributed by atoms with Crippen LogP contribution >= 0.6 is 0 Å². The van der Waals surface area contributed by atoms with Gasteiger partial charge in [-0.3, -0.25) is 19.4 Å².